The number of nitrogens with one attached hydrogen (secondary N) is 2. The van der Waals surface area contributed by atoms with Gasteiger partial charge in [-0.15, -0.1) is 0 Å². The van der Waals surface area contributed by atoms with Crippen LogP contribution in [-0.2, 0) is 0 Å². The number of hydrogen-bond acceptors (Lipinski definition) is 5. The van der Waals surface area contributed by atoms with Gasteiger partial charge in [0.25, 0.3) is 10.9 Å². The van der Waals surface area contributed by atoms with Crippen LogP contribution in [-0.4, -0.2) is 11.1 Å². The quantitative estimate of drug-likeness (QED) is 0.409. The van der Waals surface area contributed by atoms with Gasteiger partial charge in [-0.3, -0.25) is 9.59 Å². The lowest BCUT2D eigenvalue weighted by atomic mass is 10.1. The SMILES string of the molecule is Cc1cccc(C(=O)O)c1Nc1c(Nc2cccc(I)c2)c(=O)c1=O. The van der Waals surface area contributed by atoms with Crippen LogP contribution in [0.25, 0.3) is 0 Å². The van der Waals surface area contributed by atoms with E-state index in [2.05, 4.69) is 33.2 Å². The Morgan fingerprint density at radius 2 is 1.60 bits per heavy atom. The second-order valence-corrected chi connectivity index (χ2v) is 6.72. The number of carbonyl (C=O) groups is 1. The fraction of sp³-hybridized carbons (Fsp3) is 0.0556. The lowest BCUT2D eigenvalue weighted by Crippen LogP contribution is -2.36. The highest BCUT2D eigenvalue weighted by Gasteiger charge is 2.23. The molecule has 126 valence electrons. The van der Waals surface area contributed by atoms with E-state index >= 15 is 0 Å². The van der Waals surface area contributed by atoms with E-state index in [4.69, 9.17) is 0 Å². The first-order valence-corrected chi connectivity index (χ1v) is 8.42. The maximum absolute atomic E-state index is 12.0. The normalized spacial score (nSPS) is 10.6. The number of para-hydroxylation sites is 1. The predicted octanol–water partition coefficient (Wildman–Crippen LogP) is 3.38. The summed E-state index contributed by atoms with van der Waals surface area (Å²) in [7, 11) is 0. The van der Waals surface area contributed by atoms with E-state index in [9.17, 15) is 19.5 Å². The molecule has 7 heteroatoms. The predicted molar refractivity (Wildman–Crippen MR) is 105 cm³/mol. The molecule has 0 aliphatic heterocycles. The summed E-state index contributed by atoms with van der Waals surface area (Å²) in [6.07, 6.45) is 0. The third kappa shape index (κ3) is 3.27. The van der Waals surface area contributed by atoms with E-state index in [0.717, 1.165) is 3.57 Å². The van der Waals surface area contributed by atoms with Crippen LogP contribution in [0, 0.1) is 10.5 Å². The minimum atomic E-state index is -1.11. The molecule has 0 spiro atoms. The standard InChI is InChI=1S/C18H13IN2O4/c1-9-4-2-7-12(18(24)25)13(9)21-15-14(16(22)17(15)23)20-11-6-3-5-10(19)8-11/h2-8,20-21H,1H3,(H,24,25). The van der Waals surface area contributed by atoms with Crippen LogP contribution >= 0.6 is 22.6 Å². The summed E-state index contributed by atoms with van der Waals surface area (Å²) in [5, 5.41) is 15.1. The first-order valence-electron chi connectivity index (χ1n) is 7.34. The van der Waals surface area contributed by atoms with Crippen LogP contribution in [0.15, 0.2) is 52.1 Å². The minimum absolute atomic E-state index is 0.0354. The van der Waals surface area contributed by atoms with Crippen molar-refractivity contribution in [2.45, 2.75) is 6.92 Å². The Hall–Kier alpha value is -2.68. The Labute approximate surface area is 156 Å². The maximum Gasteiger partial charge on any atom is 0.337 e. The molecule has 3 rings (SSSR count). The third-order valence-corrected chi connectivity index (χ3v) is 4.43. The smallest absolute Gasteiger partial charge is 0.337 e. The fourth-order valence-electron chi connectivity index (χ4n) is 2.48. The van der Waals surface area contributed by atoms with Crippen LogP contribution in [0.1, 0.15) is 15.9 Å². The van der Waals surface area contributed by atoms with Crippen LogP contribution in [0.3, 0.4) is 0 Å². The average Bonchev–Trinajstić information content (AvgIpc) is 2.58. The van der Waals surface area contributed by atoms with Gasteiger partial charge in [-0.1, -0.05) is 18.2 Å². The zero-order valence-corrected chi connectivity index (χ0v) is 15.2. The summed E-state index contributed by atoms with van der Waals surface area (Å²) in [5.41, 5.74) is 0.561. The Kier molecular flexibility index (Phi) is 4.58. The Morgan fingerprint density at radius 3 is 2.24 bits per heavy atom. The van der Waals surface area contributed by atoms with Crippen molar-refractivity contribution in [3.63, 3.8) is 0 Å². The molecule has 25 heavy (non-hydrogen) atoms. The van der Waals surface area contributed by atoms with Gasteiger partial charge in [0.1, 0.15) is 11.4 Å². The fourth-order valence-corrected chi connectivity index (χ4v) is 3.02. The molecule has 0 unspecified atom stereocenters. The number of carboxylic acids is 1. The first-order chi connectivity index (χ1) is 11.9. The number of hydrogen-bond donors (Lipinski definition) is 3. The van der Waals surface area contributed by atoms with Gasteiger partial charge in [0.2, 0.25) is 0 Å². The van der Waals surface area contributed by atoms with Crippen molar-refractivity contribution in [1.82, 2.24) is 0 Å². The van der Waals surface area contributed by atoms with Crippen LogP contribution in [0.5, 0.6) is 0 Å². The Morgan fingerprint density at radius 1 is 0.960 bits per heavy atom. The van der Waals surface area contributed by atoms with Crippen molar-refractivity contribution in [2.75, 3.05) is 10.6 Å². The summed E-state index contributed by atoms with van der Waals surface area (Å²) in [5.74, 6) is -1.11. The molecule has 0 fully saturated rings. The molecule has 0 radical (unpaired) electrons. The monoisotopic (exact) mass is 448 g/mol. The molecule has 0 heterocycles. The third-order valence-electron chi connectivity index (χ3n) is 3.76. The van der Waals surface area contributed by atoms with Gasteiger partial charge in [0, 0.05) is 9.26 Å². The molecule has 0 aliphatic rings. The minimum Gasteiger partial charge on any atom is -0.478 e. The van der Waals surface area contributed by atoms with Crippen LogP contribution in [0.2, 0.25) is 0 Å². The van der Waals surface area contributed by atoms with Crippen molar-refractivity contribution in [2.24, 2.45) is 0 Å². The van der Waals surface area contributed by atoms with E-state index in [-0.39, 0.29) is 16.9 Å². The number of aromatic carboxylic acids is 1. The highest BCUT2D eigenvalue weighted by atomic mass is 127. The second-order valence-electron chi connectivity index (χ2n) is 5.47. The summed E-state index contributed by atoms with van der Waals surface area (Å²) < 4.78 is 0.975. The summed E-state index contributed by atoms with van der Waals surface area (Å²) in [6, 6.07) is 12.1. The Bertz CT molecular complexity index is 1050. The van der Waals surface area contributed by atoms with Gasteiger partial charge < -0.3 is 15.7 Å². The highest BCUT2D eigenvalue weighted by Crippen LogP contribution is 2.29. The molecular weight excluding hydrogens is 435 g/mol. The second kappa shape index (κ2) is 6.67. The van der Waals surface area contributed by atoms with Crippen molar-refractivity contribution < 1.29 is 9.90 Å². The van der Waals surface area contributed by atoms with E-state index in [1.165, 1.54) is 6.07 Å². The Balaban J connectivity index is 1.99. The van der Waals surface area contributed by atoms with E-state index in [0.29, 0.717) is 16.9 Å². The van der Waals surface area contributed by atoms with Crippen molar-refractivity contribution in [3.05, 3.63) is 77.6 Å². The average molecular weight is 448 g/mol. The molecular formula is C18H13IN2O4. The molecule has 3 N–H and O–H groups in total. The largest absolute Gasteiger partial charge is 0.478 e. The van der Waals surface area contributed by atoms with Gasteiger partial charge in [-0.2, -0.15) is 0 Å². The van der Waals surface area contributed by atoms with Gasteiger partial charge in [-0.05, 0) is 59.3 Å². The summed E-state index contributed by atoms with van der Waals surface area (Å²) in [6.45, 7) is 1.73. The lowest BCUT2D eigenvalue weighted by molar-refractivity contribution is 0.0698. The van der Waals surface area contributed by atoms with Crippen molar-refractivity contribution >= 4 is 51.3 Å². The van der Waals surface area contributed by atoms with E-state index in [1.54, 1.807) is 25.1 Å². The topological polar surface area (TPSA) is 95.5 Å². The molecule has 3 aromatic carbocycles. The van der Waals surface area contributed by atoms with Crippen molar-refractivity contribution in [3.8, 4) is 0 Å². The molecule has 0 bridgehead atoms. The van der Waals surface area contributed by atoms with Gasteiger partial charge in [0.15, 0.2) is 0 Å². The number of benzene rings is 2. The van der Waals surface area contributed by atoms with Crippen LogP contribution < -0.4 is 21.5 Å². The van der Waals surface area contributed by atoms with E-state index < -0.39 is 16.8 Å². The molecule has 0 atom stereocenters. The van der Waals surface area contributed by atoms with Crippen molar-refractivity contribution in [1.29, 1.82) is 0 Å². The summed E-state index contributed by atoms with van der Waals surface area (Å²) >= 11 is 2.14. The lowest BCUT2D eigenvalue weighted by Gasteiger charge is -2.17. The number of aryl methyl sites for hydroxylation is 1. The molecule has 0 amide bonds. The van der Waals surface area contributed by atoms with Gasteiger partial charge in [0.05, 0.1) is 11.3 Å². The maximum atomic E-state index is 12.0. The number of rotatable bonds is 5. The zero-order valence-electron chi connectivity index (χ0n) is 13.1. The van der Waals surface area contributed by atoms with Gasteiger partial charge in [-0.25, -0.2) is 4.79 Å². The van der Waals surface area contributed by atoms with Gasteiger partial charge >= 0.3 is 5.97 Å². The van der Waals surface area contributed by atoms with Crippen LogP contribution in [0.4, 0.5) is 22.7 Å². The molecule has 0 aromatic heterocycles. The highest BCUT2D eigenvalue weighted by molar-refractivity contribution is 14.1. The number of anilines is 4. The molecule has 6 nitrogen and oxygen atoms in total. The van der Waals surface area contributed by atoms with E-state index in [1.807, 2.05) is 18.2 Å². The first kappa shape index (κ1) is 17.2. The summed E-state index contributed by atoms with van der Waals surface area (Å²) in [4.78, 5) is 35.3. The number of halogens is 1. The molecule has 3 aromatic rings. The molecule has 0 saturated heterocycles. The molecule has 0 saturated carbocycles. The zero-order chi connectivity index (χ0) is 18.1. The molecule has 0 aliphatic carbocycles. The number of carboxylic acid groups (broad SMARTS) is 1.